The first kappa shape index (κ1) is 23.3. The van der Waals surface area contributed by atoms with Gasteiger partial charge in [-0.1, -0.05) is 0 Å². The van der Waals surface area contributed by atoms with E-state index in [0.717, 1.165) is 16.7 Å². The summed E-state index contributed by atoms with van der Waals surface area (Å²) >= 11 is 1.13. The third kappa shape index (κ3) is 7.11. The van der Waals surface area contributed by atoms with Crippen LogP contribution >= 0.6 is 11.8 Å². The van der Waals surface area contributed by atoms with Crippen LogP contribution < -0.4 is 14.8 Å². The molecule has 7 nitrogen and oxygen atoms in total. The molecule has 2 rings (SSSR count). The molecule has 0 spiro atoms. The molecule has 0 heterocycles. The maximum absolute atomic E-state index is 12.1. The number of thioether (sulfide) groups is 1. The highest BCUT2D eigenvalue weighted by Crippen LogP contribution is 2.28. The number of anilines is 1. The van der Waals surface area contributed by atoms with Gasteiger partial charge in [-0.25, -0.2) is 0 Å². The molecule has 0 fully saturated rings. The summed E-state index contributed by atoms with van der Waals surface area (Å²) in [6.07, 6.45) is 0.818. The molecule has 2 aromatic rings. The van der Waals surface area contributed by atoms with Gasteiger partial charge in [-0.2, -0.15) is 0 Å². The summed E-state index contributed by atoms with van der Waals surface area (Å²) in [6, 6.07) is 12.1. The summed E-state index contributed by atoms with van der Waals surface area (Å²) in [4.78, 5) is 37.6. The van der Waals surface area contributed by atoms with Crippen LogP contribution in [-0.4, -0.2) is 49.6 Å². The van der Waals surface area contributed by atoms with Crippen molar-refractivity contribution in [3.8, 4) is 11.5 Å². The fourth-order valence-corrected chi connectivity index (χ4v) is 3.10. The molecule has 160 valence electrons. The molecule has 0 aliphatic rings. The van der Waals surface area contributed by atoms with E-state index in [4.69, 9.17) is 9.47 Å². The lowest BCUT2D eigenvalue weighted by Crippen LogP contribution is -2.16. The maximum Gasteiger partial charge on any atom is 0.285 e. The highest BCUT2D eigenvalue weighted by atomic mass is 32.2. The van der Waals surface area contributed by atoms with Crippen molar-refractivity contribution in [1.29, 1.82) is 0 Å². The summed E-state index contributed by atoms with van der Waals surface area (Å²) in [6.45, 7) is 1.83. The van der Waals surface area contributed by atoms with E-state index >= 15 is 0 Å². The minimum absolute atomic E-state index is 0.0487. The van der Waals surface area contributed by atoms with Crippen molar-refractivity contribution in [2.75, 3.05) is 33.1 Å². The highest BCUT2D eigenvalue weighted by Gasteiger charge is 2.10. The number of nitrogens with zero attached hydrogens (tertiary/aromatic N) is 1. The second-order valence-electron chi connectivity index (χ2n) is 6.71. The lowest BCUT2D eigenvalue weighted by Gasteiger charge is -2.12. The van der Waals surface area contributed by atoms with Gasteiger partial charge in [-0.05, 0) is 67.6 Å². The topological polar surface area (TPSA) is 84.9 Å². The summed E-state index contributed by atoms with van der Waals surface area (Å²) in [5.74, 6) is 0.843. The van der Waals surface area contributed by atoms with Gasteiger partial charge < -0.3 is 19.7 Å². The van der Waals surface area contributed by atoms with Crippen LogP contribution in [0.15, 0.2) is 47.4 Å². The van der Waals surface area contributed by atoms with Gasteiger partial charge in [0.25, 0.3) is 5.24 Å². The number of hydrogen-bond donors (Lipinski definition) is 1. The number of methoxy groups -OCH3 is 1. The maximum atomic E-state index is 12.1. The van der Waals surface area contributed by atoms with Crippen LogP contribution in [0.1, 0.15) is 30.1 Å². The second-order valence-corrected chi connectivity index (χ2v) is 7.73. The number of carbonyl (C=O) groups is 3. The molecule has 0 aromatic heterocycles. The molecule has 0 saturated carbocycles. The van der Waals surface area contributed by atoms with E-state index in [0.29, 0.717) is 42.2 Å². The third-order valence-electron chi connectivity index (χ3n) is 4.08. The summed E-state index contributed by atoms with van der Waals surface area (Å²) in [7, 11) is 4.91. The Morgan fingerprint density at radius 3 is 2.33 bits per heavy atom. The number of rotatable bonds is 9. The molecule has 0 saturated heterocycles. The smallest absolute Gasteiger partial charge is 0.285 e. The molecule has 2 amide bonds. The average Bonchev–Trinajstić information content (AvgIpc) is 2.72. The largest absolute Gasteiger partial charge is 0.493 e. The minimum atomic E-state index is -0.123. The van der Waals surface area contributed by atoms with Crippen LogP contribution in [0, 0.1) is 0 Å². The van der Waals surface area contributed by atoms with E-state index in [2.05, 4.69) is 5.32 Å². The van der Waals surface area contributed by atoms with Gasteiger partial charge in [0.1, 0.15) is 0 Å². The predicted molar refractivity (Wildman–Crippen MR) is 118 cm³/mol. The van der Waals surface area contributed by atoms with E-state index < -0.39 is 0 Å². The standard InChI is InChI=1S/C22H26N2O5S/c1-15(25)16-7-12-19(20(14-16)28-4)29-13-5-6-21(26)23-17-8-10-18(11-9-17)30-22(27)24(2)3/h7-12,14H,5-6,13H2,1-4H3,(H,23,26). The molecule has 0 aliphatic carbocycles. The van der Waals surface area contributed by atoms with E-state index in [1.54, 1.807) is 56.6 Å². The van der Waals surface area contributed by atoms with E-state index in [9.17, 15) is 14.4 Å². The Hall–Kier alpha value is -3.00. The Kier molecular flexibility index (Phi) is 8.73. The number of Topliss-reactive ketones (excluding diaryl/α,β-unsaturated/α-hetero) is 1. The number of carbonyl (C=O) groups excluding carboxylic acids is 3. The fraction of sp³-hybridized carbons (Fsp3) is 0.318. The first-order valence-corrected chi connectivity index (χ1v) is 10.2. The first-order valence-electron chi connectivity index (χ1n) is 9.41. The van der Waals surface area contributed by atoms with Crippen molar-refractivity contribution in [2.24, 2.45) is 0 Å². The normalized spacial score (nSPS) is 10.3. The van der Waals surface area contributed by atoms with Crippen molar-refractivity contribution < 1.29 is 23.9 Å². The second kappa shape index (κ2) is 11.3. The van der Waals surface area contributed by atoms with Crippen molar-refractivity contribution in [1.82, 2.24) is 4.90 Å². The first-order chi connectivity index (χ1) is 14.3. The Bertz CT molecular complexity index is 897. The van der Waals surface area contributed by atoms with Gasteiger partial charge in [0, 0.05) is 36.7 Å². The molecule has 0 radical (unpaired) electrons. The van der Waals surface area contributed by atoms with E-state index in [1.165, 1.54) is 18.9 Å². The summed E-state index contributed by atoms with van der Waals surface area (Å²) < 4.78 is 10.9. The number of benzene rings is 2. The number of hydrogen-bond acceptors (Lipinski definition) is 6. The molecule has 2 aromatic carbocycles. The van der Waals surface area contributed by atoms with Gasteiger partial charge in [0.2, 0.25) is 5.91 Å². The lowest BCUT2D eigenvalue weighted by molar-refractivity contribution is -0.116. The zero-order chi connectivity index (χ0) is 22.1. The molecule has 0 bridgehead atoms. The molecule has 8 heteroatoms. The molecule has 1 N–H and O–H groups in total. The van der Waals surface area contributed by atoms with Gasteiger partial charge >= 0.3 is 0 Å². The SMILES string of the molecule is COc1cc(C(C)=O)ccc1OCCCC(=O)Nc1ccc(SC(=O)N(C)C)cc1. The molecule has 0 aliphatic heterocycles. The minimum Gasteiger partial charge on any atom is -0.493 e. The van der Waals surface area contributed by atoms with Crippen LogP contribution in [0.25, 0.3) is 0 Å². The number of amides is 2. The van der Waals surface area contributed by atoms with Crippen LogP contribution in [0.4, 0.5) is 10.5 Å². The number of nitrogens with one attached hydrogen (secondary N) is 1. The molecule has 0 atom stereocenters. The van der Waals surface area contributed by atoms with Crippen LogP contribution in [-0.2, 0) is 4.79 Å². The van der Waals surface area contributed by atoms with Crippen LogP contribution in [0.3, 0.4) is 0 Å². The Morgan fingerprint density at radius 1 is 1.03 bits per heavy atom. The van der Waals surface area contributed by atoms with Crippen molar-refractivity contribution >= 4 is 34.4 Å². The monoisotopic (exact) mass is 430 g/mol. The van der Waals surface area contributed by atoms with E-state index in [1.807, 2.05) is 0 Å². The number of ketones is 1. The lowest BCUT2D eigenvalue weighted by atomic mass is 10.1. The highest BCUT2D eigenvalue weighted by molar-refractivity contribution is 8.13. The Morgan fingerprint density at radius 2 is 1.73 bits per heavy atom. The zero-order valence-electron chi connectivity index (χ0n) is 17.6. The quantitative estimate of drug-likeness (QED) is 0.359. The molecule has 0 unspecified atom stereocenters. The van der Waals surface area contributed by atoms with Gasteiger partial charge in [-0.3, -0.25) is 14.4 Å². The average molecular weight is 431 g/mol. The van der Waals surface area contributed by atoms with Crippen molar-refractivity contribution in [2.45, 2.75) is 24.7 Å². The molecular weight excluding hydrogens is 404 g/mol. The fourth-order valence-electron chi connectivity index (χ4n) is 2.44. The Balaban J connectivity index is 1.77. The summed E-state index contributed by atoms with van der Waals surface area (Å²) in [5, 5.41) is 2.77. The van der Waals surface area contributed by atoms with Crippen molar-refractivity contribution in [3.05, 3.63) is 48.0 Å². The Labute approximate surface area is 180 Å². The van der Waals surface area contributed by atoms with Gasteiger partial charge in [0.05, 0.1) is 13.7 Å². The van der Waals surface area contributed by atoms with Crippen molar-refractivity contribution in [3.63, 3.8) is 0 Å². The van der Waals surface area contributed by atoms with Crippen LogP contribution in [0.5, 0.6) is 11.5 Å². The van der Waals surface area contributed by atoms with Gasteiger partial charge in [-0.15, -0.1) is 0 Å². The van der Waals surface area contributed by atoms with Crippen LogP contribution in [0.2, 0.25) is 0 Å². The molecular formula is C22H26N2O5S. The van der Waals surface area contributed by atoms with E-state index in [-0.39, 0.29) is 16.9 Å². The predicted octanol–water partition coefficient (Wildman–Crippen LogP) is 4.47. The third-order valence-corrected chi connectivity index (χ3v) is 5.13. The molecule has 30 heavy (non-hydrogen) atoms. The number of ether oxygens (including phenoxy) is 2. The van der Waals surface area contributed by atoms with Gasteiger partial charge in [0.15, 0.2) is 17.3 Å². The zero-order valence-corrected chi connectivity index (χ0v) is 18.4. The summed E-state index contributed by atoms with van der Waals surface area (Å²) in [5.41, 5.74) is 1.22.